The molecule has 2 heterocycles. The van der Waals surface area contributed by atoms with Gasteiger partial charge in [0, 0.05) is 6.20 Å². The van der Waals surface area contributed by atoms with E-state index in [1.807, 2.05) is 31.3 Å². The summed E-state index contributed by atoms with van der Waals surface area (Å²) in [5, 5.41) is 4.12. The molecule has 1 aromatic carbocycles. The minimum Gasteiger partial charge on any atom is -0.461 e. The largest absolute Gasteiger partial charge is 0.461 e. The Hall–Kier alpha value is -2.50. The molecule has 0 radical (unpaired) electrons. The molecule has 0 amide bonds. The molecule has 1 aliphatic rings. The summed E-state index contributed by atoms with van der Waals surface area (Å²) in [7, 11) is 0. The number of ether oxygens (including phenoxy) is 3. The molecule has 110 valence electrons. The highest BCUT2D eigenvalue weighted by Gasteiger charge is 2.13. The molecule has 2 aromatic rings. The Morgan fingerprint density at radius 1 is 1.38 bits per heavy atom. The zero-order chi connectivity index (χ0) is 14.7. The van der Waals surface area contributed by atoms with E-state index >= 15 is 0 Å². The standard InChI is InChI=1S/C15H16N2O4/c1-11-7-16-17(8-11)5-4-15(18)19-9-12-2-3-13-14(6-12)21-10-20-13/h2-3,6-8H,4-5,9-10H2,1H3. The van der Waals surface area contributed by atoms with Gasteiger partial charge >= 0.3 is 5.97 Å². The Morgan fingerprint density at radius 3 is 3.05 bits per heavy atom. The first-order valence-corrected chi connectivity index (χ1v) is 6.74. The molecule has 0 bridgehead atoms. The fraction of sp³-hybridized carbons (Fsp3) is 0.333. The van der Waals surface area contributed by atoms with Crippen LogP contribution in [0.25, 0.3) is 0 Å². The van der Waals surface area contributed by atoms with E-state index in [4.69, 9.17) is 14.2 Å². The highest BCUT2D eigenvalue weighted by molar-refractivity contribution is 5.69. The Balaban J connectivity index is 1.47. The fourth-order valence-electron chi connectivity index (χ4n) is 2.06. The number of benzene rings is 1. The molecule has 0 atom stereocenters. The van der Waals surface area contributed by atoms with Crippen LogP contribution in [0.3, 0.4) is 0 Å². The van der Waals surface area contributed by atoms with Gasteiger partial charge < -0.3 is 14.2 Å². The van der Waals surface area contributed by atoms with Crippen molar-refractivity contribution in [2.75, 3.05) is 6.79 Å². The summed E-state index contributed by atoms with van der Waals surface area (Å²) in [5.74, 6) is 1.16. The van der Waals surface area contributed by atoms with Crippen LogP contribution >= 0.6 is 0 Å². The molecule has 1 aromatic heterocycles. The first kappa shape index (κ1) is 13.5. The third kappa shape index (κ3) is 3.34. The van der Waals surface area contributed by atoms with Crippen LogP contribution in [0.4, 0.5) is 0 Å². The van der Waals surface area contributed by atoms with Crippen molar-refractivity contribution in [3.63, 3.8) is 0 Å². The first-order valence-electron chi connectivity index (χ1n) is 6.74. The average molecular weight is 288 g/mol. The van der Waals surface area contributed by atoms with E-state index in [0.717, 1.165) is 16.9 Å². The van der Waals surface area contributed by atoms with Crippen LogP contribution in [0.15, 0.2) is 30.6 Å². The summed E-state index contributed by atoms with van der Waals surface area (Å²) >= 11 is 0. The Bertz CT molecular complexity index is 651. The van der Waals surface area contributed by atoms with Crippen LogP contribution < -0.4 is 9.47 Å². The van der Waals surface area contributed by atoms with Crippen molar-refractivity contribution in [2.45, 2.75) is 26.5 Å². The fourth-order valence-corrected chi connectivity index (χ4v) is 2.06. The molecule has 0 saturated heterocycles. The van der Waals surface area contributed by atoms with E-state index in [2.05, 4.69) is 5.10 Å². The molecule has 0 aliphatic carbocycles. The highest BCUT2D eigenvalue weighted by Crippen LogP contribution is 2.32. The summed E-state index contributed by atoms with van der Waals surface area (Å²) < 4.78 is 17.5. The molecular weight excluding hydrogens is 272 g/mol. The lowest BCUT2D eigenvalue weighted by atomic mass is 10.2. The molecular formula is C15H16N2O4. The topological polar surface area (TPSA) is 62.6 Å². The zero-order valence-corrected chi connectivity index (χ0v) is 11.7. The molecule has 6 heteroatoms. The smallest absolute Gasteiger partial charge is 0.308 e. The Kier molecular flexibility index (Phi) is 3.77. The van der Waals surface area contributed by atoms with Crippen molar-refractivity contribution in [3.05, 3.63) is 41.7 Å². The predicted octanol–water partition coefficient (Wildman–Crippen LogP) is 2.05. The van der Waals surface area contributed by atoms with Gasteiger partial charge in [0.15, 0.2) is 11.5 Å². The van der Waals surface area contributed by atoms with Gasteiger partial charge in [-0.2, -0.15) is 5.10 Å². The summed E-state index contributed by atoms with van der Waals surface area (Å²) in [6, 6.07) is 5.50. The SMILES string of the molecule is Cc1cnn(CCC(=O)OCc2ccc3c(c2)OCO3)c1. The van der Waals surface area contributed by atoms with E-state index in [1.54, 1.807) is 10.9 Å². The number of nitrogens with zero attached hydrogens (tertiary/aromatic N) is 2. The van der Waals surface area contributed by atoms with Crippen LogP contribution in [-0.2, 0) is 22.7 Å². The van der Waals surface area contributed by atoms with Crippen LogP contribution in [0.5, 0.6) is 11.5 Å². The number of rotatable bonds is 5. The van der Waals surface area contributed by atoms with Gasteiger partial charge in [-0.15, -0.1) is 0 Å². The molecule has 0 N–H and O–H groups in total. The van der Waals surface area contributed by atoms with Gasteiger partial charge in [-0.25, -0.2) is 0 Å². The highest BCUT2D eigenvalue weighted by atomic mass is 16.7. The molecule has 1 aliphatic heterocycles. The third-order valence-corrected chi connectivity index (χ3v) is 3.14. The zero-order valence-electron chi connectivity index (χ0n) is 11.7. The number of fused-ring (bicyclic) bond motifs is 1. The van der Waals surface area contributed by atoms with E-state index in [1.165, 1.54) is 0 Å². The van der Waals surface area contributed by atoms with Crippen molar-refractivity contribution in [2.24, 2.45) is 0 Å². The number of aromatic nitrogens is 2. The Labute approximate surface area is 122 Å². The van der Waals surface area contributed by atoms with Crippen LogP contribution in [0.2, 0.25) is 0 Å². The summed E-state index contributed by atoms with van der Waals surface area (Å²) in [6.07, 6.45) is 3.95. The van der Waals surface area contributed by atoms with Crippen molar-refractivity contribution >= 4 is 5.97 Å². The van der Waals surface area contributed by atoms with Crippen molar-refractivity contribution in [3.8, 4) is 11.5 Å². The van der Waals surface area contributed by atoms with Gasteiger partial charge in [0.25, 0.3) is 0 Å². The summed E-state index contributed by atoms with van der Waals surface area (Å²) in [4.78, 5) is 11.7. The lowest BCUT2D eigenvalue weighted by Crippen LogP contribution is -2.09. The number of hydrogen-bond donors (Lipinski definition) is 0. The molecule has 21 heavy (non-hydrogen) atoms. The number of esters is 1. The van der Waals surface area contributed by atoms with E-state index in [9.17, 15) is 4.79 Å². The summed E-state index contributed by atoms with van der Waals surface area (Å²) in [5.41, 5.74) is 1.95. The van der Waals surface area contributed by atoms with Gasteiger partial charge in [-0.3, -0.25) is 9.48 Å². The number of aryl methyl sites for hydroxylation is 2. The van der Waals surface area contributed by atoms with Crippen molar-refractivity contribution < 1.29 is 19.0 Å². The van der Waals surface area contributed by atoms with Gasteiger partial charge in [-0.05, 0) is 30.2 Å². The lowest BCUT2D eigenvalue weighted by Gasteiger charge is -2.06. The van der Waals surface area contributed by atoms with E-state index < -0.39 is 0 Å². The van der Waals surface area contributed by atoms with E-state index in [-0.39, 0.29) is 19.4 Å². The van der Waals surface area contributed by atoms with Gasteiger partial charge in [-0.1, -0.05) is 6.07 Å². The number of carbonyl (C=O) groups is 1. The lowest BCUT2D eigenvalue weighted by molar-refractivity contribution is -0.145. The second kappa shape index (κ2) is 5.87. The average Bonchev–Trinajstić information content (AvgIpc) is 3.10. The van der Waals surface area contributed by atoms with Gasteiger partial charge in [0.05, 0.1) is 19.2 Å². The van der Waals surface area contributed by atoms with E-state index in [0.29, 0.717) is 18.7 Å². The van der Waals surface area contributed by atoms with Gasteiger partial charge in [0.1, 0.15) is 6.61 Å². The number of carbonyl (C=O) groups excluding carboxylic acids is 1. The molecule has 0 fully saturated rings. The summed E-state index contributed by atoms with van der Waals surface area (Å²) in [6.45, 7) is 2.95. The van der Waals surface area contributed by atoms with Crippen molar-refractivity contribution in [1.82, 2.24) is 9.78 Å². The Morgan fingerprint density at radius 2 is 2.24 bits per heavy atom. The monoisotopic (exact) mass is 288 g/mol. The molecule has 0 spiro atoms. The minimum absolute atomic E-state index is 0.230. The maximum Gasteiger partial charge on any atom is 0.308 e. The van der Waals surface area contributed by atoms with Crippen LogP contribution in [0.1, 0.15) is 17.5 Å². The maximum absolute atomic E-state index is 11.7. The first-order chi connectivity index (χ1) is 10.2. The quantitative estimate of drug-likeness (QED) is 0.788. The molecule has 0 saturated carbocycles. The molecule has 0 unspecified atom stereocenters. The normalized spacial score (nSPS) is 12.4. The van der Waals surface area contributed by atoms with Crippen molar-refractivity contribution in [1.29, 1.82) is 0 Å². The third-order valence-electron chi connectivity index (χ3n) is 3.14. The molecule has 6 nitrogen and oxygen atoms in total. The minimum atomic E-state index is -0.249. The molecule has 3 rings (SSSR count). The van der Waals surface area contributed by atoms with Gasteiger partial charge in [0.2, 0.25) is 6.79 Å². The second-order valence-electron chi connectivity index (χ2n) is 4.88. The van der Waals surface area contributed by atoms with Crippen LogP contribution in [-0.4, -0.2) is 22.5 Å². The maximum atomic E-state index is 11.7. The number of hydrogen-bond acceptors (Lipinski definition) is 5. The predicted molar refractivity (Wildman–Crippen MR) is 73.9 cm³/mol. The second-order valence-corrected chi connectivity index (χ2v) is 4.88. The van der Waals surface area contributed by atoms with Crippen LogP contribution in [0, 0.1) is 6.92 Å².